The van der Waals surface area contributed by atoms with Crippen LogP contribution in [0, 0.1) is 12.8 Å². The van der Waals surface area contributed by atoms with Crippen molar-refractivity contribution in [2.24, 2.45) is 5.92 Å². The van der Waals surface area contributed by atoms with Gasteiger partial charge in [0.05, 0.1) is 5.75 Å². The quantitative estimate of drug-likeness (QED) is 0.604. The number of nitrogens with zero attached hydrogens (tertiary/aromatic N) is 3. The van der Waals surface area contributed by atoms with E-state index >= 15 is 0 Å². The Morgan fingerprint density at radius 3 is 2.77 bits per heavy atom. The Labute approximate surface area is 179 Å². The zero-order chi connectivity index (χ0) is 21.1. The summed E-state index contributed by atoms with van der Waals surface area (Å²) in [7, 11) is 0. The summed E-state index contributed by atoms with van der Waals surface area (Å²) >= 11 is 1.45. The van der Waals surface area contributed by atoms with E-state index in [-0.39, 0.29) is 17.6 Å². The molecule has 30 heavy (non-hydrogen) atoms. The molecule has 0 spiro atoms. The maximum absolute atomic E-state index is 12.8. The van der Waals surface area contributed by atoms with Crippen molar-refractivity contribution in [2.45, 2.75) is 38.1 Å². The van der Waals surface area contributed by atoms with Crippen LogP contribution < -0.4 is 5.32 Å². The first kappa shape index (κ1) is 20.5. The Kier molecular flexibility index (Phi) is 6.13. The Hall–Kier alpha value is -2.74. The first-order valence-electron chi connectivity index (χ1n) is 10.2. The highest BCUT2D eigenvalue weighted by Gasteiger charge is 2.21. The molecule has 0 unspecified atom stereocenters. The Morgan fingerprint density at radius 1 is 1.27 bits per heavy atom. The number of amides is 2. The minimum atomic E-state index is -0.149. The van der Waals surface area contributed by atoms with Crippen molar-refractivity contribution < 1.29 is 14.1 Å². The molecule has 0 atom stereocenters. The molecule has 0 aliphatic carbocycles. The minimum Gasteiger partial charge on any atom is -0.360 e. The normalized spacial score (nSPS) is 14.9. The molecule has 2 aromatic heterocycles. The number of rotatable bonds is 6. The number of piperidine rings is 1. The number of nitrogens with one attached hydrogen (secondary N) is 1. The minimum absolute atomic E-state index is 0.149. The lowest BCUT2D eigenvalue weighted by molar-refractivity contribution is -0.133. The molecule has 1 aromatic carbocycles. The van der Waals surface area contributed by atoms with Gasteiger partial charge >= 0.3 is 0 Å². The van der Waals surface area contributed by atoms with Crippen molar-refractivity contribution >= 4 is 40.3 Å². The number of likely N-dealkylation sites (tertiary alicyclic amines) is 1. The number of anilines is 1. The fourth-order valence-electron chi connectivity index (χ4n) is 3.71. The second-order valence-corrected chi connectivity index (χ2v) is 8.88. The summed E-state index contributed by atoms with van der Waals surface area (Å²) in [6.07, 6.45) is 4.12. The molecule has 1 fully saturated rings. The third-order valence-electron chi connectivity index (χ3n) is 5.45. The van der Waals surface area contributed by atoms with Crippen molar-refractivity contribution in [1.29, 1.82) is 0 Å². The fourth-order valence-corrected chi connectivity index (χ4v) is 4.60. The molecule has 0 radical (unpaired) electrons. The van der Waals surface area contributed by atoms with Gasteiger partial charge < -0.3 is 19.3 Å². The van der Waals surface area contributed by atoms with Crippen molar-refractivity contribution in [3.8, 4) is 0 Å². The second kappa shape index (κ2) is 8.95. The molecule has 158 valence electrons. The molecule has 0 bridgehead atoms. The molecule has 7 nitrogen and oxygen atoms in total. The van der Waals surface area contributed by atoms with Gasteiger partial charge in [-0.15, -0.1) is 11.8 Å². The third kappa shape index (κ3) is 4.70. The fraction of sp³-hybridized carbons (Fsp3) is 0.409. The van der Waals surface area contributed by atoms with E-state index in [2.05, 4.69) is 17.4 Å². The molecule has 8 heteroatoms. The number of hydrogen-bond acceptors (Lipinski definition) is 5. The predicted molar refractivity (Wildman–Crippen MR) is 118 cm³/mol. The number of thioether (sulfide) groups is 1. The van der Waals surface area contributed by atoms with Crippen LogP contribution in [0.15, 0.2) is 45.9 Å². The van der Waals surface area contributed by atoms with Crippen LogP contribution in [0.2, 0.25) is 0 Å². The molecule has 4 rings (SSSR count). The first-order valence-corrected chi connectivity index (χ1v) is 11.2. The van der Waals surface area contributed by atoms with E-state index in [1.165, 1.54) is 11.8 Å². The largest absolute Gasteiger partial charge is 0.360 e. The second-order valence-electron chi connectivity index (χ2n) is 7.86. The number of carbonyl (C=O) groups excluding carboxylic acids is 2. The van der Waals surface area contributed by atoms with Crippen LogP contribution in [0.4, 0.5) is 5.82 Å². The number of hydrogen-bond donors (Lipinski definition) is 1. The van der Waals surface area contributed by atoms with Crippen LogP contribution in [0.1, 0.15) is 25.5 Å². The van der Waals surface area contributed by atoms with Gasteiger partial charge in [0, 0.05) is 41.2 Å². The first-order chi connectivity index (χ1) is 14.5. The van der Waals surface area contributed by atoms with E-state index in [1.807, 2.05) is 39.9 Å². The van der Waals surface area contributed by atoms with Crippen LogP contribution >= 0.6 is 11.8 Å². The third-order valence-corrected chi connectivity index (χ3v) is 6.49. The molecule has 1 aliphatic rings. The molecule has 2 amide bonds. The van der Waals surface area contributed by atoms with Gasteiger partial charge in [-0.05, 0) is 31.7 Å². The average molecular weight is 427 g/mol. The van der Waals surface area contributed by atoms with Crippen molar-refractivity contribution in [3.05, 3.63) is 42.3 Å². The van der Waals surface area contributed by atoms with Gasteiger partial charge in [0.2, 0.25) is 11.8 Å². The van der Waals surface area contributed by atoms with Gasteiger partial charge in [0.15, 0.2) is 5.82 Å². The van der Waals surface area contributed by atoms with E-state index in [0.29, 0.717) is 24.0 Å². The smallest absolute Gasteiger partial charge is 0.242 e. The number of para-hydroxylation sites is 1. The standard InChI is InChI=1S/C22H26N4O3S/c1-15-7-9-25(10-8-15)22(28)13-26-12-19(17-5-3-4-6-18(17)26)30-14-21(27)23-20-11-16(2)29-24-20/h3-6,11-12,15H,7-10,13-14H2,1-2H3,(H,23,24,27). The van der Waals surface area contributed by atoms with Crippen LogP contribution in [-0.2, 0) is 16.1 Å². The Morgan fingerprint density at radius 2 is 2.03 bits per heavy atom. The lowest BCUT2D eigenvalue weighted by Gasteiger charge is -2.30. The molecular weight excluding hydrogens is 400 g/mol. The lowest BCUT2D eigenvalue weighted by atomic mass is 9.99. The Bertz CT molecular complexity index is 1050. The number of benzene rings is 1. The number of carbonyl (C=O) groups is 2. The number of aromatic nitrogens is 2. The van der Waals surface area contributed by atoms with Crippen LogP contribution in [-0.4, -0.2) is 45.3 Å². The van der Waals surface area contributed by atoms with E-state index < -0.39 is 0 Å². The summed E-state index contributed by atoms with van der Waals surface area (Å²) in [5.41, 5.74) is 1.01. The highest BCUT2D eigenvalue weighted by molar-refractivity contribution is 8.00. The van der Waals surface area contributed by atoms with Crippen molar-refractivity contribution in [1.82, 2.24) is 14.6 Å². The SMILES string of the molecule is Cc1cc(NC(=O)CSc2cn(CC(=O)N3CCC(C)CC3)c3ccccc23)no1. The van der Waals surface area contributed by atoms with Gasteiger partial charge in [0.25, 0.3) is 0 Å². The zero-order valence-electron chi connectivity index (χ0n) is 17.3. The van der Waals surface area contributed by atoms with Gasteiger partial charge in [0.1, 0.15) is 12.3 Å². The maximum Gasteiger partial charge on any atom is 0.242 e. The molecule has 1 aliphatic heterocycles. The summed E-state index contributed by atoms with van der Waals surface area (Å²) in [5, 5.41) is 7.57. The van der Waals surface area contributed by atoms with E-state index in [4.69, 9.17) is 4.52 Å². The van der Waals surface area contributed by atoms with Crippen LogP contribution in [0.25, 0.3) is 10.9 Å². The lowest BCUT2D eigenvalue weighted by Crippen LogP contribution is -2.39. The van der Waals surface area contributed by atoms with Gasteiger partial charge in [-0.25, -0.2) is 0 Å². The maximum atomic E-state index is 12.8. The average Bonchev–Trinajstić information content (AvgIpc) is 3.30. The van der Waals surface area contributed by atoms with E-state index in [0.717, 1.165) is 41.7 Å². The highest BCUT2D eigenvalue weighted by atomic mass is 32.2. The van der Waals surface area contributed by atoms with Crippen LogP contribution in [0.5, 0.6) is 0 Å². The topological polar surface area (TPSA) is 80.4 Å². The summed E-state index contributed by atoms with van der Waals surface area (Å²) in [4.78, 5) is 28.0. The molecular formula is C22H26N4O3S. The molecule has 0 saturated carbocycles. The Balaban J connectivity index is 1.44. The van der Waals surface area contributed by atoms with E-state index in [1.54, 1.807) is 13.0 Å². The predicted octanol–water partition coefficient (Wildman–Crippen LogP) is 3.93. The van der Waals surface area contributed by atoms with Crippen molar-refractivity contribution in [3.63, 3.8) is 0 Å². The van der Waals surface area contributed by atoms with Gasteiger partial charge in [-0.2, -0.15) is 0 Å². The van der Waals surface area contributed by atoms with Gasteiger partial charge in [-0.3, -0.25) is 9.59 Å². The monoisotopic (exact) mass is 426 g/mol. The molecule has 1 saturated heterocycles. The highest BCUT2D eigenvalue weighted by Crippen LogP contribution is 2.30. The molecule has 3 aromatic rings. The summed E-state index contributed by atoms with van der Waals surface area (Å²) in [5.74, 6) is 2.01. The zero-order valence-corrected chi connectivity index (χ0v) is 18.1. The summed E-state index contributed by atoms with van der Waals surface area (Å²) < 4.78 is 6.97. The van der Waals surface area contributed by atoms with Gasteiger partial charge in [-0.1, -0.05) is 30.3 Å². The summed E-state index contributed by atoms with van der Waals surface area (Å²) in [6.45, 7) is 6.01. The van der Waals surface area contributed by atoms with Crippen LogP contribution in [0.3, 0.4) is 0 Å². The summed E-state index contributed by atoms with van der Waals surface area (Å²) in [6, 6.07) is 9.67. The molecule has 3 heterocycles. The van der Waals surface area contributed by atoms with Crippen molar-refractivity contribution in [2.75, 3.05) is 24.2 Å². The number of aryl methyl sites for hydroxylation is 1. The molecule has 1 N–H and O–H groups in total. The van der Waals surface area contributed by atoms with E-state index in [9.17, 15) is 9.59 Å². The number of fused-ring (bicyclic) bond motifs is 1.